The molecule has 0 radical (unpaired) electrons. The Bertz CT molecular complexity index is 458. The van der Waals surface area contributed by atoms with Crippen LogP contribution in [0.5, 0.6) is 0 Å². The maximum Gasteiger partial charge on any atom is 0.193 e. The largest absolute Gasteiger partial charge is 0.234 e. The molecule has 2 aromatic rings. The van der Waals surface area contributed by atoms with Crippen LogP contribution in [0.15, 0.2) is 45.4 Å². The van der Waals surface area contributed by atoms with Crippen LogP contribution in [0, 0.1) is 6.92 Å². The van der Waals surface area contributed by atoms with E-state index in [1.807, 2.05) is 25.1 Å². The summed E-state index contributed by atoms with van der Waals surface area (Å²) in [7, 11) is 0. The quantitative estimate of drug-likeness (QED) is 0.626. The highest BCUT2D eigenvalue weighted by Crippen LogP contribution is 2.23. The Kier molecular flexibility index (Phi) is 3.33. The summed E-state index contributed by atoms with van der Waals surface area (Å²) in [5.41, 5.74) is 1.06. The van der Waals surface area contributed by atoms with Gasteiger partial charge in [0.15, 0.2) is 5.16 Å². The maximum absolute atomic E-state index is 4.29. The molecule has 15 heavy (non-hydrogen) atoms. The molecule has 0 atom stereocenters. The topological polar surface area (TPSA) is 38.7 Å². The summed E-state index contributed by atoms with van der Waals surface area (Å²) in [5.74, 6) is 0. The SMILES string of the molecule is Cc1cnc(Sc2cccc(Br)n2)nc1. The Morgan fingerprint density at radius 1 is 1.20 bits per heavy atom. The van der Waals surface area contributed by atoms with Gasteiger partial charge in [0.25, 0.3) is 0 Å². The molecule has 0 aliphatic carbocycles. The van der Waals surface area contributed by atoms with Crippen LogP contribution in [-0.4, -0.2) is 15.0 Å². The van der Waals surface area contributed by atoms with Crippen molar-refractivity contribution in [2.24, 2.45) is 0 Å². The molecule has 5 heteroatoms. The molecule has 0 aromatic carbocycles. The van der Waals surface area contributed by atoms with Gasteiger partial charge in [-0.3, -0.25) is 0 Å². The van der Waals surface area contributed by atoms with E-state index in [0.717, 1.165) is 15.2 Å². The highest BCUT2D eigenvalue weighted by Gasteiger charge is 2.01. The lowest BCUT2D eigenvalue weighted by atomic mass is 10.4. The van der Waals surface area contributed by atoms with Crippen LogP contribution >= 0.6 is 27.7 Å². The molecule has 0 amide bonds. The highest BCUT2D eigenvalue weighted by molar-refractivity contribution is 9.10. The Morgan fingerprint density at radius 2 is 1.93 bits per heavy atom. The molecular formula is C10H8BrN3S. The average molecular weight is 282 g/mol. The van der Waals surface area contributed by atoms with Crippen molar-refractivity contribution in [1.82, 2.24) is 15.0 Å². The minimum absolute atomic E-state index is 0.714. The van der Waals surface area contributed by atoms with Gasteiger partial charge in [0, 0.05) is 12.4 Å². The number of aryl methyl sites for hydroxylation is 1. The van der Waals surface area contributed by atoms with Gasteiger partial charge in [-0.05, 0) is 52.3 Å². The molecule has 0 spiro atoms. The molecular weight excluding hydrogens is 274 g/mol. The van der Waals surface area contributed by atoms with Gasteiger partial charge in [0.1, 0.15) is 9.63 Å². The fourth-order valence-electron chi connectivity index (χ4n) is 0.973. The third-order valence-corrected chi connectivity index (χ3v) is 2.91. The molecule has 2 aromatic heterocycles. The van der Waals surface area contributed by atoms with Crippen molar-refractivity contribution in [3.63, 3.8) is 0 Å². The van der Waals surface area contributed by atoms with Crippen LogP contribution in [0.2, 0.25) is 0 Å². The monoisotopic (exact) mass is 281 g/mol. The summed E-state index contributed by atoms with van der Waals surface area (Å²) in [6.45, 7) is 1.96. The maximum atomic E-state index is 4.29. The predicted molar refractivity (Wildman–Crippen MR) is 62.8 cm³/mol. The lowest BCUT2D eigenvalue weighted by Crippen LogP contribution is -1.87. The number of hydrogen-bond acceptors (Lipinski definition) is 4. The first-order chi connectivity index (χ1) is 7.24. The van der Waals surface area contributed by atoms with Crippen LogP contribution < -0.4 is 0 Å². The molecule has 0 aliphatic heterocycles. The first-order valence-corrected chi connectivity index (χ1v) is 5.94. The molecule has 76 valence electrons. The van der Waals surface area contributed by atoms with Gasteiger partial charge in [0.2, 0.25) is 0 Å². The number of hydrogen-bond donors (Lipinski definition) is 0. The lowest BCUT2D eigenvalue weighted by molar-refractivity contribution is 0.943. The van der Waals surface area contributed by atoms with Gasteiger partial charge in [-0.25, -0.2) is 15.0 Å². The van der Waals surface area contributed by atoms with E-state index in [9.17, 15) is 0 Å². The molecule has 0 bridgehead atoms. The summed E-state index contributed by atoms with van der Waals surface area (Å²) in [4.78, 5) is 12.7. The molecule has 0 saturated carbocycles. The standard InChI is InChI=1S/C10H8BrN3S/c1-7-5-12-10(13-6-7)15-9-4-2-3-8(11)14-9/h2-6H,1H3. The van der Waals surface area contributed by atoms with Crippen molar-refractivity contribution >= 4 is 27.7 Å². The van der Waals surface area contributed by atoms with E-state index in [4.69, 9.17) is 0 Å². The van der Waals surface area contributed by atoms with E-state index in [0.29, 0.717) is 5.16 Å². The Hall–Kier alpha value is -0.940. The van der Waals surface area contributed by atoms with Crippen molar-refractivity contribution in [3.8, 4) is 0 Å². The third kappa shape index (κ3) is 3.00. The van der Waals surface area contributed by atoms with Crippen LogP contribution in [0.3, 0.4) is 0 Å². The van der Waals surface area contributed by atoms with E-state index < -0.39 is 0 Å². The first-order valence-electron chi connectivity index (χ1n) is 4.33. The normalized spacial score (nSPS) is 10.3. The first kappa shape index (κ1) is 10.6. The lowest BCUT2D eigenvalue weighted by Gasteiger charge is -1.99. The van der Waals surface area contributed by atoms with Gasteiger partial charge in [0.05, 0.1) is 0 Å². The predicted octanol–water partition coefficient (Wildman–Crippen LogP) is 3.09. The van der Waals surface area contributed by atoms with Gasteiger partial charge in [-0.2, -0.15) is 0 Å². The molecule has 0 fully saturated rings. The van der Waals surface area contributed by atoms with Crippen molar-refractivity contribution in [2.75, 3.05) is 0 Å². The van der Waals surface area contributed by atoms with Gasteiger partial charge < -0.3 is 0 Å². The van der Waals surface area contributed by atoms with Crippen LogP contribution in [0.4, 0.5) is 0 Å². The third-order valence-electron chi connectivity index (χ3n) is 1.64. The number of halogens is 1. The molecule has 2 rings (SSSR count). The van der Waals surface area contributed by atoms with Gasteiger partial charge in [-0.1, -0.05) is 6.07 Å². The number of nitrogens with zero attached hydrogens (tertiary/aromatic N) is 3. The molecule has 0 N–H and O–H groups in total. The fraction of sp³-hybridized carbons (Fsp3) is 0.100. The number of aromatic nitrogens is 3. The van der Waals surface area contributed by atoms with E-state index in [1.54, 1.807) is 12.4 Å². The zero-order valence-corrected chi connectivity index (χ0v) is 10.4. The van der Waals surface area contributed by atoms with E-state index in [2.05, 4.69) is 30.9 Å². The second-order valence-electron chi connectivity index (χ2n) is 2.94. The summed E-state index contributed by atoms with van der Waals surface area (Å²) in [6.07, 6.45) is 3.60. The zero-order chi connectivity index (χ0) is 10.7. The second kappa shape index (κ2) is 4.72. The minimum Gasteiger partial charge on any atom is -0.234 e. The highest BCUT2D eigenvalue weighted by atomic mass is 79.9. The van der Waals surface area contributed by atoms with Crippen molar-refractivity contribution < 1.29 is 0 Å². The number of pyridine rings is 1. The molecule has 0 saturated heterocycles. The molecule has 0 unspecified atom stereocenters. The summed E-state index contributed by atoms with van der Waals surface area (Å²) in [6, 6.07) is 5.76. The Morgan fingerprint density at radius 3 is 2.60 bits per heavy atom. The van der Waals surface area contributed by atoms with Gasteiger partial charge >= 0.3 is 0 Å². The second-order valence-corrected chi connectivity index (χ2v) is 4.74. The van der Waals surface area contributed by atoms with E-state index in [-0.39, 0.29) is 0 Å². The Balaban J connectivity index is 2.18. The van der Waals surface area contributed by atoms with Crippen LogP contribution in [-0.2, 0) is 0 Å². The van der Waals surface area contributed by atoms with E-state index in [1.165, 1.54) is 11.8 Å². The summed E-state index contributed by atoms with van der Waals surface area (Å²) in [5, 5.41) is 1.60. The van der Waals surface area contributed by atoms with Crippen molar-refractivity contribution in [3.05, 3.63) is 40.8 Å². The summed E-state index contributed by atoms with van der Waals surface area (Å²) >= 11 is 4.77. The number of rotatable bonds is 2. The van der Waals surface area contributed by atoms with Crippen LogP contribution in [0.1, 0.15) is 5.56 Å². The summed E-state index contributed by atoms with van der Waals surface area (Å²) < 4.78 is 0.819. The zero-order valence-electron chi connectivity index (χ0n) is 8.01. The molecule has 2 heterocycles. The van der Waals surface area contributed by atoms with Crippen molar-refractivity contribution in [2.45, 2.75) is 17.1 Å². The molecule has 3 nitrogen and oxygen atoms in total. The average Bonchev–Trinajstić information content (AvgIpc) is 2.22. The minimum atomic E-state index is 0.714. The Labute approximate surface area is 101 Å². The fourth-order valence-corrected chi connectivity index (χ4v) is 2.12. The molecule has 0 aliphatic rings. The van der Waals surface area contributed by atoms with Crippen LogP contribution in [0.25, 0.3) is 0 Å². The van der Waals surface area contributed by atoms with E-state index >= 15 is 0 Å². The van der Waals surface area contributed by atoms with Gasteiger partial charge in [-0.15, -0.1) is 0 Å². The smallest absolute Gasteiger partial charge is 0.193 e. The van der Waals surface area contributed by atoms with Crippen molar-refractivity contribution in [1.29, 1.82) is 0 Å².